The van der Waals surface area contributed by atoms with Crippen LogP contribution >= 0.6 is 11.8 Å². The Kier molecular flexibility index (Phi) is 6.61. The van der Waals surface area contributed by atoms with Crippen LogP contribution in [0.4, 0.5) is 5.69 Å². The predicted molar refractivity (Wildman–Crippen MR) is 115 cm³/mol. The Labute approximate surface area is 169 Å². The molecule has 0 aliphatic heterocycles. The second-order valence-corrected chi connectivity index (χ2v) is 7.15. The molecule has 3 aromatic rings. The number of ether oxygens (including phenoxy) is 2. The van der Waals surface area contributed by atoms with Crippen molar-refractivity contribution in [2.75, 3.05) is 18.7 Å². The maximum Gasteiger partial charge on any atom is 0.255 e. The molecule has 144 valence electrons. The van der Waals surface area contributed by atoms with Crippen LogP contribution in [0.1, 0.15) is 21.5 Å². The van der Waals surface area contributed by atoms with Crippen molar-refractivity contribution in [1.82, 2.24) is 0 Å². The summed E-state index contributed by atoms with van der Waals surface area (Å²) in [5.41, 5.74) is 3.20. The number of amides is 1. The molecule has 0 aromatic heterocycles. The Morgan fingerprint density at radius 2 is 1.82 bits per heavy atom. The van der Waals surface area contributed by atoms with Crippen LogP contribution in [0.2, 0.25) is 0 Å². The molecule has 1 N–H and O–H groups in total. The first kappa shape index (κ1) is 19.8. The van der Waals surface area contributed by atoms with Gasteiger partial charge < -0.3 is 14.8 Å². The quantitative estimate of drug-likeness (QED) is 0.534. The summed E-state index contributed by atoms with van der Waals surface area (Å²) in [7, 11) is 1.61. The summed E-state index contributed by atoms with van der Waals surface area (Å²) in [6.45, 7) is 2.32. The zero-order chi connectivity index (χ0) is 19.9. The Balaban J connectivity index is 1.77. The average molecular weight is 394 g/mol. The molecule has 0 heterocycles. The van der Waals surface area contributed by atoms with E-state index in [0.717, 1.165) is 27.5 Å². The van der Waals surface area contributed by atoms with Crippen molar-refractivity contribution in [2.24, 2.45) is 0 Å². The molecule has 0 radical (unpaired) electrons. The van der Waals surface area contributed by atoms with Gasteiger partial charge in [0.15, 0.2) is 0 Å². The zero-order valence-electron chi connectivity index (χ0n) is 16.2. The molecule has 28 heavy (non-hydrogen) atoms. The predicted octanol–water partition coefficient (Wildman–Crippen LogP) is 5.56. The van der Waals surface area contributed by atoms with E-state index in [1.54, 1.807) is 31.0 Å². The Morgan fingerprint density at radius 1 is 1.00 bits per heavy atom. The number of hydrogen-bond acceptors (Lipinski definition) is 4. The number of thioether (sulfide) groups is 1. The minimum absolute atomic E-state index is 0.168. The third-order valence-electron chi connectivity index (χ3n) is 4.35. The van der Waals surface area contributed by atoms with Gasteiger partial charge in [-0.25, -0.2) is 0 Å². The molecule has 0 spiro atoms. The van der Waals surface area contributed by atoms with Crippen LogP contribution in [0.5, 0.6) is 11.5 Å². The first-order valence-electron chi connectivity index (χ1n) is 8.91. The second kappa shape index (κ2) is 9.33. The number of hydrogen-bond donors (Lipinski definition) is 1. The van der Waals surface area contributed by atoms with E-state index in [2.05, 4.69) is 5.32 Å². The largest absolute Gasteiger partial charge is 0.496 e. The Hall–Kier alpha value is -2.92. The van der Waals surface area contributed by atoms with E-state index in [4.69, 9.17) is 9.47 Å². The molecule has 1 amide bonds. The van der Waals surface area contributed by atoms with Crippen LogP contribution in [-0.4, -0.2) is 19.3 Å². The zero-order valence-corrected chi connectivity index (χ0v) is 17.0. The third kappa shape index (κ3) is 4.87. The molecule has 0 bridgehead atoms. The van der Waals surface area contributed by atoms with Gasteiger partial charge in [0.05, 0.1) is 7.11 Å². The van der Waals surface area contributed by atoms with E-state index in [0.29, 0.717) is 17.9 Å². The maximum atomic E-state index is 12.7. The highest BCUT2D eigenvalue weighted by Gasteiger charge is 2.12. The van der Waals surface area contributed by atoms with Crippen LogP contribution in [0.15, 0.2) is 71.6 Å². The molecule has 5 heteroatoms. The minimum atomic E-state index is -0.168. The number of rotatable bonds is 7. The molecule has 0 saturated heterocycles. The molecule has 3 aromatic carbocycles. The molecule has 4 nitrogen and oxygen atoms in total. The number of carbonyl (C=O) groups is 1. The lowest BCUT2D eigenvalue weighted by molar-refractivity contribution is 0.102. The van der Waals surface area contributed by atoms with E-state index in [-0.39, 0.29) is 5.91 Å². The van der Waals surface area contributed by atoms with Gasteiger partial charge in [-0.2, -0.15) is 0 Å². The molecule has 0 aliphatic carbocycles. The average Bonchev–Trinajstić information content (AvgIpc) is 2.73. The summed E-state index contributed by atoms with van der Waals surface area (Å²) in [6, 6.07) is 21.0. The second-order valence-electron chi connectivity index (χ2n) is 6.27. The summed E-state index contributed by atoms with van der Waals surface area (Å²) < 4.78 is 11.4. The van der Waals surface area contributed by atoms with Crippen molar-refractivity contribution in [2.45, 2.75) is 18.4 Å². The lowest BCUT2D eigenvalue weighted by Crippen LogP contribution is -2.13. The summed E-state index contributed by atoms with van der Waals surface area (Å²) in [6.07, 6.45) is 2.01. The van der Waals surface area contributed by atoms with E-state index in [1.165, 1.54) is 0 Å². The number of methoxy groups -OCH3 is 1. The topological polar surface area (TPSA) is 47.6 Å². The molecule has 0 aliphatic rings. The SMILES string of the molecule is COc1ccc(C(=O)Nc2cccc(SC)c2)cc1COc1ccccc1C. The molecule has 0 saturated carbocycles. The number of carbonyl (C=O) groups excluding carboxylic acids is 1. The normalized spacial score (nSPS) is 10.4. The fourth-order valence-corrected chi connectivity index (χ4v) is 3.27. The fourth-order valence-electron chi connectivity index (χ4n) is 2.81. The van der Waals surface area contributed by atoms with Crippen LogP contribution < -0.4 is 14.8 Å². The number of aryl methyl sites for hydroxylation is 1. The standard InChI is InChI=1S/C23H23NO3S/c1-16-7-4-5-10-21(16)27-15-18-13-17(11-12-22(18)26-2)23(25)24-19-8-6-9-20(14-19)28-3/h4-14H,15H2,1-3H3,(H,24,25). The van der Waals surface area contributed by atoms with Gasteiger partial charge in [0, 0.05) is 21.7 Å². The number of benzene rings is 3. The van der Waals surface area contributed by atoms with Gasteiger partial charge in [-0.15, -0.1) is 11.8 Å². The number of nitrogens with one attached hydrogen (secondary N) is 1. The minimum Gasteiger partial charge on any atom is -0.496 e. The summed E-state index contributed by atoms with van der Waals surface area (Å²) in [4.78, 5) is 13.8. The van der Waals surface area contributed by atoms with Gasteiger partial charge in [-0.05, 0) is 61.2 Å². The first-order valence-corrected chi connectivity index (χ1v) is 10.1. The first-order chi connectivity index (χ1) is 13.6. The van der Waals surface area contributed by atoms with Gasteiger partial charge in [0.2, 0.25) is 0 Å². The lowest BCUT2D eigenvalue weighted by atomic mass is 10.1. The molecule has 0 unspecified atom stereocenters. The Morgan fingerprint density at radius 3 is 2.57 bits per heavy atom. The van der Waals surface area contributed by atoms with E-state index >= 15 is 0 Å². The molecule has 3 rings (SSSR count). The maximum absolute atomic E-state index is 12.7. The van der Waals surface area contributed by atoms with Gasteiger partial charge in [-0.1, -0.05) is 24.3 Å². The fraction of sp³-hybridized carbons (Fsp3) is 0.174. The lowest BCUT2D eigenvalue weighted by Gasteiger charge is -2.13. The van der Waals surface area contributed by atoms with Gasteiger partial charge in [-0.3, -0.25) is 4.79 Å². The summed E-state index contributed by atoms with van der Waals surface area (Å²) in [5, 5.41) is 2.95. The van der Waals surface area contributed by atoms with Gasteiger partial charge in [0.25, 0.3) is 5.91 Å². The van der Waals surface area contributed by atoms with Gasteiger partial charge in [0.1, 0.15) is 18.1 Å². The van der Waals surface area contributed by atoms with E-state index in [9.17, 15) is 4.79 Å². The highest BCUT2D eigenvalue weighted by atomic mass is 32.2. The summed E-state index contributed by atoms with van der Waals surface area (Å²) >= 11 is 1.63. The van der Waals surface area contributed by atoms with Crippen molar-refractivity contribution in [3.63, 3.8) is 0 Å². The third-order valence-corrected chi connectivity index (χ3v) is 5.07. The monoisotopic (exact) mass is 393 g/mol. The summed E-state index contributed by atoms with van der Waals surface area (Å²) in [5.74, 6) is 1.33. The van der Waals surface area contributed by atoms with E-state index < -0.39 is 0 Å². The highest BCUT2D eigenvalue weighted by Crippen LogP contribution is 2.25. The Bertz CT molecular complexity index is 972. The van der Waals surface area contributed by atoms with Crippen molar-refractivity contribution in [3.8, 4) is 11.5 Å². The van der Waals surface area contributed by atoms with Crippen LogP contribution in [0.3, 0.4) is 0 Å². The molecular weight excluding hydrogens is 370 g/mol. The van der Waals surface area contributed by atoms with Crippen LogP contribution in [0.25, 0.3) is 0 Å². The number of para-hydroxylation sites is 1. The molecular formula is C23H23NO3S. The van der Waals surface area contributed by atoms with E-state index in [1.807, 2.05) is 67.8 Å². The van der Waals surface area contributed by atoms with Crippen LogP contribution in [0, 0.1) is 6.92 Å². The molecule has 0 atom stereocenters. The smallest absolute Gasteiger partial charge is 0.255 e. The van der Waals surface area contributed by atoms with Crippen molar-refractivity contribution in [1.29, 1.82) is 0 Å². The van der Waals surface area contributed by atoms with Gasteiger partial charge >= 0.3 is 0 Å². The van der Waals surface area contributed by atoms with Crippen LogP contribution in [-0.2, 0) is 6.61 Å². The highest BCUT2D eigenvalue weighted by molar-refractivity contribution is 7.98. The van der Waals surface area contributed by atoms with Crippen molar-refractivity contribution >= 4 is 23.4 Å². The number of anilines is 1. The van der Waals surface area contributed by atoms with Crippen molar-refractivity contribution in [3.05, 3.63) is 83.4 Å². The molecule has 0 fully saturated rings. The van der Waals surface area contributed by atoms with Crippen molar-refractivity contribution < 1.29 is 14.3 Å².